The first-order valence-corrected chi connectivity index (χ1v) is 10.8. The summed E-state index contributed by atoms with van der Waals surface area (Å²) in [5.74, 6) is 0.0186. The third-order valence-electron chi connectivity index (χ3n) is 5.86. The number of nitrogens with one attached hydrogen (secondary N) is 1. The Morgan fingerprint density at radius 2 is 1.94 bits per heavy atom. The van der Waals surface area contributed by atoms with Crippen molar-refractivity contribution in [3.63, 3.8) is 0 Å². The molecule has 1 amide bonds. The van der Waals surface area contributed by atoms with Crippen molar-refractivity contribution in [3.05, 3.63) is 93.6 Å². The van der Waals surface area contributed by atoms with E-state index in [2.05, 4.69) is 5.32 Å². The molecule has 0 spiro atoms. The Morgan fingerprint density at radius 1 is 1.17 bits per heavy atom. The largest absolute Gasteiger partial charge is 0.497 e. The molecule has 8 nitrogen and oxygen atoms in total. The second-order valence-electron chi connectivity index (χ2n) is 8.10. The minimum absolute atomic E-state index is 0.187. The average molecular weight is 472 g/mol. The number of hydrogen-bond acceptors (Lipinski definition) is 6. The molecule has 0 aliphatic heterocycles. The van der Waals surface area contributed by atoms with Gasteiger partial charge in [-0.15, -0.1) is 0 Å². The molecule has 2 aromatic heterocycles. The van der Waals surface area contributed by atoms with Gasteiger partial charge >= 0.3 is 5.63 Å². The van der Waals surface area contributed by atoms with Crippen LogP contribution in [0.4, 0.5) is 16.0 Å². The molecule has 3 N–H and O–H groups in total. The number of amides is 1. The monoisotopic (exact) mass is 472 g/mol. The summed E-state index contributed by atoms with van der Waals surface area (Å²) >= 11 is 0. The third-order valence-corrected chi connectivity index (χ3v) is 5.86. The van der Waals surface area contributed by atoms with Crippen molar-refractivity contribution in [3.8, 4) is 5.75 Å². The fraction of sp³-hybridized carbons (Fsp3) is 0.115. The Kier molecular flexibility index (Phi) is 5.44. The Labute approximate surface area is 198 Å². The van der Waals surface area contributed by atoms with E-state index in [-0.39, 0.29) is 11.4 Å². The first-order chi connectivity index (χ1) is 16.8. The standard InChI is InChI=1S/C26H21FN4O4/c1-14-19-11-20-21(12-22(19)35-25(33)23(14)24(28)32)31(13-15-4-3-5-16(27)10-15)26(30-20)29-17-6-8-18(34-2)9-7-17/h3-12H,13H2,1-2H3,(H2,28,32)(H,29,30). The maximum Gasteiger partial charge on any atom is 0.349 e. The van der Waals surface area contributed by atoms with Gasteiger partial charge in [0.25, 0.3) is 5.91 Å². The maximum atomic E-state index is 13.9. The number of benzene rings is 3. The first kappa shape index (κ1) is 22.1. The number of aromatic nitrogens is 2. The summed E-state index contributed by atoms with van der Waals surface area (Å²) in [6, 6.07) is 17.1. The van der Waals surface area contributed by atoms with Crippen LogP contribution in [0.1, 0.15) is 21.5 Å². The molecule has 0 saturated heterocycles. The summed E-state index contributed by atoms with van der Waals surface area (Å²) in [4.78, 5) is 28.9. The van der Waals surface area contributed by atoms with E-state index in [0.717, 1.165) is 11.3 Å². The van der Waals surface area contributed by atoms with Crippen LogP contribution in [0.25, 0.3) is 22.0 Å². The van der Waals surface area contributed by atoms with Crippen LogP contribution in [0.15, 0.2) is 69.9 Å². The van der Waals surface area contributed by atoms with E-state index < -0.39 is 11.5 Å². The smallest absolute Gasteiger partial charge is 0.349 e. The number of nitrogens with two attached hydrogens (primary N) is 1. The van der Waals surface area contributed by atoms with E-state index in [0.29, 0.717) is 45.8 Å². The summed E-state index contributed by atoms with van der Waals surface area (Å²) < 4.78 is 26.4. The highest BCUT2D eigenvalue weighted by Crippen LogP contribution is 2.30. The van der Waals surface area contributed by atoms with Crippen LogP contribution in [0, 0.1) is 12.7 Å². The lowest BCUT2D eigenvalue weighted by Gasteiger charge is -2.12. The average Bonchev–Trinajstić information content (AvgIpc) is 3.14. The van der Waals surface area contributed by atoms with Gasteiger partial charge in [0.1, 0.15) is 22.7 Å². The number of ether oxygens (including phenoxy) is 1. The molecule has 35 heavy (non-hydrogen) atoms. The van der Waals surface area contributed by atoms with Crippen molar-refractivity contribution in [1.82, 2.24) is 9.55 Å². The van der Waals surface area contributed by atoms with Gasteiger partial charge in [0.05, 0.1) is 24.7 Å². The van der Waals surface area contributed by atoms with Crippen molar-refractivity contribution in [1.29, 1.82) is 0 Å². The molecule has 0 fully saturated rings. The van der Waals surface area contributed by atoms with Crippen molar-refractivity contribution < 1.29 is 18.3 Å². The zero-order chi connectivity index (χ0) is 24.7. The molecule has 0 atom stereocenters. The number of methoxy groups -OCH3 is 1. The molecular formula is C26H21FN4O4. The molecule has 176 valence electrons. The third kappa shape index (κ3) is 4.08. The Bertz CT molecular complexity index is 1650. The topological polar surface area (TPSA) is 112 Å². The van der Waals surface area contributed by atoms with E-state index in [1.165, 1.54) is 12.1 Å². The molecule has 0 saturated carbocycles. The fourth-order valence-electron chi connectivity index (χ4n) is 4.13. The second-order valence-corrected chi connectivity index (χ2v) is 8.10. The van der Waals surface area contributed by atoms with Crippen LogP contribution in [0.2, 0.25) is 0 Å². The van der Waals surface area contributed by atoms with Crippen molar-refractivity contribution >= 4 is 39.5 Å². The predicted octanol–water partition coefficient (Wildman–Crippen LogP) is 4.49. The maximum absolute atomic E-state index is 13.9. The summed E-state index contributed by atoms with van der Waals surface area (Å²) in [5, 5.41) is 3.85. The van der Waals surface area contributed by atoms with E-state index in [4.69, 9.17) is 19.9 Å². The molecule has 5 aromatic rings. The van der Waals surface area contributed by atoms with Crippen LogP contribution in [-0.2, 0) is 6.54 Å². The fourth-order valence-corrected chi connectivity index (χ4v) is 4.13. The van der Waals surface area contributed by atoms with Crippen LogP contribution in [0.5, 0.6) is 5.75 Å². The summed E-state index contributed by atoms with van der Waals surface area (Å²) in [5.41, 5.74) is 7.87. The number of primary amides is 1. The molecular weight excluding hydrogens is 451 g/mol. The number of hydrogen-bond donors (Lipinski definition) is 2. The van der Waals surface area contributed by atoms with Gasteiger partial charge in [-0.2, -0.15) is 0 Å². The van der Waals surface area contributed by atoms with Gasteiger partial charge in [0, 0.05) is 17.1 Å². The minimum atomic E-state index is -0.850. The van der Waals surface area contributed by atoms with E-state index in [1.54, 1.807) is 32.2 Å². The lowest BCUT2D eigenvalue weighted by Crippen LogP contribution is -2.22. The number of fused-ring (bicyclic) bond motifs is 2. The van der Waals surface area contributed by atoms with Crippen molar-refractivity contribution in [2.75, 3.05) is 12.4 Å². The molecule has 9 heteroatoms. The number of anilines is 2. The van der Waals surface area contributed by atoms with Crippen molar-refractivity contribution in [2.45, 2.75) is 13.5 Å². The van der Waals surface area contributed by atoms with Gasteiger partial charge in [-0.25, -0.2) is 14.2 Å². The Hall–Kier alpha value is -4.66. The normalized spacial score (nSPS) is 11.2. The molecule has 3 aromatic carbocycles. The Balaban J connectivity index is 1.71. The molecule has 5 rings (SSSR count). The van der Waals surface area contributed by atoms with Gasteiger partial charge in [0.2, 0.25) is 5.95 Å². The molecule has 0 bridgehead atoms. The SMILES string of the molecule is COc1ccc(Nc2nc3cc4c(C)c(C(N)=O)c(=O)oc4cc3n2Cc2cccc(F)c2)cc1. The van der Waals surface area contributed by atoms with E-state index in [9.17, 15) is 14.0 Å². The minimum Gasteiger partial charge on any atom is -0.497 e. The van der Waals surface area contributed by atoms with Gasteiger partial charge in [0.15, 0.2) is 0 Å². The van der Waals surface area contributed by atoms with Gasteiger partial charge < -0.3 is 24.8 Å². The van der Waals surface area contributed by atoms with Crippen LogP contribution in [0.3, 0.4) is 0 Å². The van der Waals surface area contributed by atoms with Gasteiger partial charge in [-0.1, -0.05) is 12.1 Å². The summed E-state index contributed by atoms with van der Waals surface area (Å²) in [6.45, 7) is 1.95. The highest BCUT2D eigenvalue weighted by Gasteiger charge is 2.19. The highest BCUT2D eigenvalue weighted by atomic mass is 19.1. The van der Waals surface area contributed by atoms with Crippen LogP contribution >= 0.6 is 0 Å². The van der Waals surface area contributed by atoms with E-state index in [1.807, 2.05) is 34.9 Å². The summed E-state index contributed by atoms with van der Waals surface area (Å²) in [6.07, 6.45) is 0. The number of rotatable bonds is 6. The number of imidazole rings is 1. The molecule has 0 aliphatic carbocycles. The molecule has 0 radical (unpaired) electrons. The number of nitrogens with zero attached hydrogens (tertiary/aromatic N) is 2. The highest BCUT2D eigenvalue weighted by molar-refractivity contribution is 6.01. The zero-order valence-corrected chi connectivity index (χ0v) is 19.0. The second kappa shape index (κ2) is 8.60. The zero-order valence-electron chi connectivity index (χ0n) is 19.0. The van der Waals surface area contributed by atoms with Crippen molar-refractivity contribution in [2.24, 2.45) is 5.73 Å². The molecule has 2 heterocycles. The molecule has 0 unspecified atom stereocenters. The number of aryl methyl sites for hydroxylation is 1. The predicted molar refractivity (Wildman–Crippen MR) is 131 cm³/mol. The van der Waals surface area contributed by atoms with Crippen LogP contribution in [-0.4, -0.2) is 22.6 Å². The lowest BCUT2D eigenvalue weighted by molar-refractivity contribution is 0.0996. The Morgan fingerprint density at radius 3 is 2.63 bits per heavy atom. The molecule has 0 aliphatic rings. The van der Waals surface area contributed by atoms with Gasteiger partial charge in [-0.05, 0) is 60.5 Å². The van der Waals surface area contributed by atoms with Gasteiger partial charge in [-0.3, -0.25) is 4.79 Å². The summed E-state index contributed by atoms with van der Waals surface area (Å²) in [7, 11) is 1.59. The quantitative estimate of drug-likeness (QED) is 0.352. The lowest BCUT2D eigenvalue weighted by atomic mass is 10.1. The number of halogens is 1. The van der Waals surface area contributed by atoms with Crippen LogP contribution < -0.4 is 21.4 Å². The number of carbonyl (C=O) groups is 1. The first-order valence-electron chi connectivity index (χ1n) is 10.8. The van der Waals surface area contributed by atoms with E-state index >= 15 is 0 Å². The number of carbonyl (C=O) groups excluding carboxylic acids is 1.